The van der Waals surface area contributed by atoms with Crippen LogP contribution in [0, 0.1) is 13.8 Å². The first-order chi connectivity index (χ1) is 11.9. The van der Waals surface area contributed by atoms with Crippen molar-refractivity contribution in [3.8, 4) is 0 Å². The highest BCUT2D eigenvalue weighted by molar-refractivity contribution is 5.95. The van der Waals surface area contributed by atoms with Gasteiger partial charge < -0.3 is 10.2 Å². The summed E-state index contributed by atoms with van der Waals surface area (Å²) < 4.78 is 1.84. The molecular weight excluding hydrogens is 316 g/mol. The third-order valence-corrected chi connectivity index (χ3v) is 5.01. The van der Waals surface area contributed by atoms with Crippen LogP contribution in [-0.4, -0.2) is 33.5 Å². The molecular formula is C19H24N4O2. The number of carbonyl (C=O) groups excluding carboxylic acids is 2. The number of nitrogens with zero attached hydrogens (tertiary/aromatic N) is 3. The molecule has 1 N–H and O–H groups in total. The number of rotatable bonds is 4. The van der Waals surface area contributed by atoms with Gasteiger partial charge in [0, 0.05) is 56.3 Å². The van der Waals surface area contributed by atoms with Crippen molar-refractivity contribution in [2.24, 2.45) is 7.05 Å². The van der Waals surface area contributed by atoms with E-state index in [9.17, 15) is 9.59 Å². The van der Waals surface area contributed by atoms with Crippen LogP contribution in [0.5, 0.6) is 0 Å². The summed E-state index contributed by atoms with van der Waals surface area (Å²) in [5, 5.41) is 7.28. The van der Waals surface area contributed by atoms with Crippen LogP contribution in [-0.2, 0) is 23.2 Å². The second-order valence-electron chi connectivity index (χ2n) is 6.76. The Hall–Kier alpha value is -2.63. The molecule has 0 saturated heterocycles. The largest absolute Gasteiger partial charge is 0.341 e. The number of hydrogen-bond donors (Lipinski definition) is 1. The molecule has 1 unspecified atom stereocenters. The fourth-order valence-electron chi connectivity index (χ4n) is 3.42. The van der Waals surface area contributed by atoms with Gasteiger partial charge in [0.15, 0.2) is 0 Å². The lowest BCUT2D eigenvalue weighted by Crippen LogP contribution is -2.31. The molecule has 0 aliphatic carbocycles. The van der Waals surface area contributed by atoms with Crippen LogP contribution < -0.4 is 5.32 Å². The van der Waals surface area contributed by atoms with Crippen LogP contribution in [0.25, 0.3) is 0 Å². The van der Waals surface area contributed by atoms with Crippen molar-refractivity contribution in [1.82, 2.24) is 14.7 Å². The smallest absolute Gasteiger partial charge is 0.225 e. The maximum atomic E-state index is 12.7. The van der Waals surface area contributed by atoms with Crippen LogP contribution in [0.2, 0.25) is 0 Å². The Kier molecular flexibility index (Phi) is 4.61. The molecule has 1 aliphatic heterocycles. The van der Waals surface area contributed by atoms with E-state index in [1.807, 2.05) is 56.9 Å². The van der Waals surface area contributed by atoms with Gasteiger partial charge in [-0.15, -0.1) is 0 Å². The van der Waals surface area contributed by atoms with E-state index in [-0.39, 0.29) is 17.7 Å². The highest BCUT2D eigenvalue weighted by Crippen LogP contribution is 2.34. The van der Waals surface area contributed by atoms with Crippen LogP contribution in [0.4, 0.5) is 5.69 Å². The monoisotopic (exact) mass is 340 g/mol. The van der Waals surface area contributed by atoms with Crippen molar-refractivity contribution in [1.29, 1.82) is 0 Å². The summed E-state index contributed by atoms with van der Waals surface area (Å²) in [6.07, 6.45) is 0.681. The molecule has 1 aromatic heterocycles. The lowest BCUT2D eigenvalue weighted by atomic mass is 9.87. The zero-order valence-electron chi connectivity index (χ0n) is 15.2. The molecule has 0 bridgehead atoms. The number of fused-ring (bicyclic) bond motifs is 1. The number of nitrogens with one attached hydrogen (secondary N) is 1. The minimum Gasteiger partial charge on any atom is -0.341 e. The third kappa shape index (κ3) is 3.43. The third-order valence-electron chi connectivity index (χ3n) is 5.01. The Morgan fingerprint density at radius 1 is 1.36 bits per heavy atom. The number of amides is 2. The van der Waals surface area contributed by atoms with E-state index < -0.39 is 0 Å². The Labute approximate surface area is 147 Å². The Morgan fingerprint density at radius 2 is 2.08 bits per heavy atom. The highest BCUT2D eigenvalue weighted by atomic mass is 16.2. The number of hydrogen-bond acceptors (Lipinski definition) is 3. The molecule has 6 heteroatoms. The first-order valence-corrected chi connectivity index (χ1v) is 8.48. The van der Waals surface area contributed by atoms with E-state index in [0.29, 0.717) is 19.4 Å². The topological polar surface area (TPSA) is 67.2 Å². The summed E-state index contributed by atoms with van der Waals surface area (Å²) in [5.74, 6) is -0.0637. The van der Waals surface area contributed by atoms with Gasteiger partial charge in [-0.2, -0.15) is 5.10 Å². The molecule has 3 rings (SSSR count). The summed E-state index contributed by atoms with van der Waals surface area (Å²) in [4.78, 5) is 26.4. The van der Waals surface area contributed by atoms with Crippen LogP contribution >= 0.6 is 0 Å². The quantitative estimate of drug-likeness (QED) is 0.930. The minimum absolute atomic E-state index is 0.0295. The summed E-state index contributed by atoms with van der Waals surface area (Å²) in [6.45, 7) is 4.50. The molecule has 1 atom stereocenters. The summed E-state index contributed by atoms with van der Waals surface area (Å²) in [5.41, 5.74) is 4.96. The van der Waals surface area contributed by atoms with Crippen molar-refractivity contribution in [3.05, 3.63) is 46.8 Å². The van der Waals surface area contributed by atoms with Gasteiger partial charge in [0.05, 0.1) is 5.69 Å². The number of carbonyl (C=O) groups is 2. The normalized spacial score (nSPS) is 16.3. The van der Waals surface area contributed by atoms with E-state index in [4.69, 9.17) is 0 Å². The first kappa shape index (κ1) is 17.2. The number of aromatic nitrogens is 2. The van der Waals surface area contributed by atoms with Crippen LogP contribution in [0.15, 0.2) is 24.3 Å². The molecule has 1 aromatic carbocycles. The van der Waals surface area contributed by atoms with Gasteiger partial charge in [0.25, 0.3) is 0 Å². The number of aryl methyl sites for hydroxylation is 2. The van der Waals surface area contributed by atoms with Crippen LogP contribution in [0.3, 0.4) is 0 Å². The summed E-state index contributed by atoms with van der Waals surface area (Å²) >= 11 is 0. The molecule has 2 aromatic rings. The highest BCUT2D eigenvalue weighted by Gasteiger charge is 2.28. The fourth-order valence-corrected chi connectivity index (χ4v) is 3.42. The number of benzene rings is 1. The van der Waals surface area contributed by atoms with E-state index >= 15 is 0 Å². The summed E-state index contributed by atoms with van der Waals surface area (Å²) in [7, 11) is 3.72. The molecule has 0 radical (unpaired) electrons. The number of anilines is 1. The zero-order valence-corrected chi connectivity index (χ0v) is 15.2. The van der Waals surface area contributed by atoms with E-state index in [1.165, 1.54) is 0 Å². The average Bonchev–Trinajstić information content (AvgIpc) is 2.80. The van der Waals surface area contributed by atoms with Crippen molar-refractivity contribution >= 4 is 17.5 Å². The Bertz CT molecular complexity index is 825. The van der Waals surface area contributed by atoms with Gasteiger partial charge in [0.2, 0.25) is 11.8 Å². The molecule has 6 nitrogen and oxygen atoms in total. The van der Waals surface area contributed by atoms with Gasteiger partial charge in [-0.05, 0) is 25.5 Å². The SMILES string of the molecule is Cc1nn(C)c(C)c1CN(C)C(=O)CC1CC(=O)Nc2ccccc21. The lowest BCUT2D eigenvalue weighted by Gasteiger charge is -2.27. The van der Waals surface area contributed by atoms with Crippen molar-refractivity contribution in [2.45, 2.75) is 39.2 Å². The molecule has 2 heterocycles. The maximum absolute atomic E-state index is 12.7. The lowest BCUT2D eigenvalue weighted by molar-refractivity contribution is -0.131. The van der Waals surface area contributed by atoms with E-state index in [0.717, 1.165) is 28.2 Å². The second kappa shape index (κ2) is 6.70. The molecule has 1 aliphatic rings. The predicted molar refractivity (Wildman–Crippen MR) is 96.2 cm³/mol. The zero-order chi connectivity index (χ0) is 18.1. The maximum Gasteiger partial charge on any atom is 0.225 e. The Balaban J connectivity index is 1.73. The molecule has 2 amide bonds. The van der Waals surface area contributed by atoms with Gasteiger partial charge in [0.1, 0.15) is 0 Å². The molecule has 25 heavy (non-hydrogen) atoms. The average molecular weight is 340 g/mol. The van der Waals surface area contributed by atoms with Gasteiger partial charge in [-0.3, -0.25) is 14.3 Å². The van der Waals surface area contributed by atoms with Crippen molar-refractivity contribution in [2.75, 3.05) is 12.4 Å². The first-order valence-electron chi connectivity index (χ1n) is 8.48. The molecule has 0 spiro atoms. The van der Waals surface area contributed by atoms with Gasteiger partial charge in [-0.25, -0.2) is 0 Å². The van der Waals surface area contributed by atoms with Crippen molar-refractivity contribution < 1.29 is 9.59 Å². The summed E-state index contributed by atoms with van der Waals surface area (Å²) in [6, 6.07) is 7.71. The van der Waals surface area contributed by atoms with Crippen molar-refractivity contribution in [3.63, 3.8) is 0 Å². The fraction of sp³-hybridized carbons (Fsp3) is 0.421. The van der Waals surface area contributed by atoms with E-state index in [1.54, 1.807) is 4.90 Å². The Morgan fingerprint density at radius 3 is 2.76 bits per heavy atom. The molecule has 0 saturated carbocycles. The predicted octanol–water partition coefficient (Wildman–Crippen LogP) is 2.51. The van der Waals surface area contributed by atoms with Gasteiger partial charge in [-0.1, -0.05) is 18.2 Å². The second-order valence-corrected chi connectivity index (χ2v) is 6.76. The molecule has 132 valence electrons. The standard InChI is InChI=1S/C19H24N4O2/c1-12-16(13(2)23(4)21-12)11-22(3)19(25)10-14-9-18(24)20-17-8-6-5-7-15(14)17/h5-8,14H,9-11H2,1-4H3,(H,20,24). The molecule has 0 fully saturated rings. The van der Waals surface area contributed by atoms with Crippen LogP contribution in [0.1, 0.15) is 41.3 Å². The number of para-hydroxylation sites is 1. The van der Waals surface area contributed by atoms with Gasteiger partial charge >= 0.3 is 0 Å². The van der Waals surface area contributed by atoms with E-state index in [2.05, 4.69) is 10.4 Å². The minimum atomic E-state index is -0.0732.